The number of hydrogen-bond donors (Lipinski definition) is 1. The van der Waals surface area contributed by atoms with E-state index in [0.717, 1.165) is 28.0 Å². The Morgan fingerprint density at radius 2 is 2.04 bits per heavy atom. The van der Waals surface area contributed by atoms with Gasteiger partial charge in [0.1, 0.15) is 6.54 Å². The maximum Gasteiger partial charge on any atom is 0.323 e. The van der Waals surface area contributed by atoms with E-state index in [0.29, 0.717) is 18.1 Å². The maximum atomic E-state index is 12.8. The van der Waals surface area contributed by atoms with Gasteiger partial charge in [0.2, 0.25) is 0 Å². The van der Waals surface area contributed by atoms with Gasteiger partial charge in [-0.2, -0.15) is 0 Å². The van der Waals surface area contributed by atoms with Gasteiger partial charge in [-0.15, -0.1) is 11.3 Å². The molecule has 0 saturated heterocycles. The Morgan fingerprint density at radius 3 is 2.71 bits per heavy atom. The first-order valence-corrected chi connectivity index (χ1v) is 8.60. The summed E-state index contributed by atoms with van der Waals surface area (Å²) in [6.45, 7) is 3.15. The summed E-state index contributed by atoms with van der Waals surface area (Å²) in [6.07, 6.45) is 0.810. The molecule has 0 aliphatic carbocycles. The number of carboxylic acids is 1. The van der Waals surface area contributed by atoms with Crippen LogP contribution in [0.2, 0.25) is 0 Å². The smallest absolute Gasteiger partial charge is 0.323 e. The van der Waals surface area contributed by atoms with Crippen molar-refractivity contribution < 1.29 is 19.4 Å². The number of carbonyl (C=O) groups excluding carboxylic acids is 1. The van der Waals surface area contributed by atoms with Crippen LogP contribution < -0.4 is 0 Å². The van der Waals surface area contributed by atoms with Gasteiger partial charge >= 0.3 is 5.97 Å². The van der Waals surface area contributed by atoms with Crippen molar-refractivity contribution in [3.63, 3.8) is 0 Å². The number of amides is 1. The van der Waals surface area contributed by atoms with Gasteiger partial charge < -0.3 is 14.7 Å². The van der Waals surface area contributed by atoms with Gasteiger partial charge in [-0.25, -0.2) is 0 Å². The van der Waals surface area contributed by atoms with Crippen LogP contribution in [0.3, 0.4) is 0 Å². The van der Waals surface area contributed by atoms with E-state index >= 15 is 0 Å². The van der Waals surface area contributed by atoms with Crippen molar-refractivity contribution in [2.24, 2.45) is 0 Å². The number of hydrogen-bond acceptors (Lipinski definition) is 4. The summed E-state index contributed by atoms with van der Waals surface area (Å²) in [5, 5.41) is 9.15. The Balaban J connectivity index is 1.81. The molecule has 2 aromatic rings. The number of benzene rings is 1. The number of aryl methyl sites for hydroxylation is 1. The first-order valence-electron chi connectivity index (χ1n) is 7.79. The van der Waals surface area contributed by atoms with Gasteiger partial charge in [-0.3, -0.25) is 9.59 Å². The van der Waals surface area contributed by atoms with E-state index in [1.165, 1.54) is 16.2 Å². The van der Waals surface area contributed by atoms with Crippen LogP contribution in [-0.2, 0) is 29.1 Å². The largest absolute Gasteiger partial charge is 0.480 e. The van der Waals surface area contributed by atoms with E-state index in [-0.39, 0.29) is 19.0 Å². The first kappa shape index (κ1) is 16.7. The number of carbonyl (C=O) groups is 2. The third-order valence-corrected chi connectivity index (χ3v) is 5.17. The molecule has 1 aliphatic heterocycles. The molecule has 1 N–H and O–H groups in total. The van der Waals surface area contributed by atoms with Crippen molar-refractivity contribution in [3.05, 3.63) is 56.8 Å². The fraction of sp³-hybridized carbons (Fsp3) is 0.333. The highest BCUT2D eigenvalue weighted by Gasteiger charge is 2.23. The topological polar surface area (TPSA) is 66.8 Å². The zero-order valence-electron chi connectivity index (χ0n) is 13.4. The average Bonchev–Trinajstić information content (AvgIpc) is 2.99. The summed E-state index contributed by atoms with van der Waals surface area (Å²) >= 11 is 1.45. The van der Waals surface area contributed by atoms with E-state index in [1.54, 1.807) is 0 Å². The first-order chi connectivity index (χ1) is 11.5. The molecule has 0 spiro atoms. The van der Waals surface area contributed by atoms with Crippen LogP contribution in [0.25, 0.3) is 0 Å². The molecular formula is C18H19NO4S. The molecule has 6 heteroatoms. The Bertz CT molecular complexity index is 727. The van der Waals surface area contributed by atoms with Gasteiger partial charge in [0.15, 0.2) is 0 Å². The standard InChI is InChI=1S/C18H19NO4S/c1-12-2-4-13(5-3-12)9-19(10-17(20)21)18(22)16-8-14-11-23-7-6-15(14)24-16/h2-5,8H,6-7,9-11H2,1H3,(H,20,21). The molecule has 0 atom stereocenters. The van der Waals surface area contributed by atoms with Crippen LogP contribution >= 0.6 is 11.3 Å². The predicted octanol–water partition coefficient (Wildman–Crippen LogP) is 2.86. The minimum absolute atomic E-state index is 0.239. The molecule has 0 radical (unpaired) electrons. The maximum absolute atomic E-state index is 12.8. The van der Waals surface area contributed by atoms with Crippen molar-refractivity contribution in [1.29, 1.82) is 0 Å². The summed E-state index contributed by atoms with van der Waals surface area (Å²) in [7, 11) is 0. The second kappa shape index (κ2) is 7.15. The summed E-state index contributed by atoms with van der Waals surface area (Å²) < 4.78 is 5.41. The lowest BCUT2D eigenvalue weighted by Crippen LogP contribution is -2.34. The van der Waals surface area contributed by atoms with Gasteiger partial charge in [0.25, 0.3) is 5.91 Å². The minimum Gasteiger partial charge on any atom is -0.480 e. The van der Waals surface area contributed by atoms with E-state index in [2.05, 4.69) is 0 Å². The predicted molar refractivity (Wildman–Crippen MR) is 91.2 cm³/mol. The highest BCUT2D eigenvalue weighted by Crippen LogP contribution is 2.28. The fourth-order valence-corrected chi connectivity index (χ4v) is 3.80. The fourth-order valence-electron chi connectivity index (χ4n) is 2.69. The van der Waals surface area contributed by atoms with Gasteiger partial charge in [0, 0.05) is 17.8 Å². The normalized spacial score (nSPS) is 13.4. The monoisotopic (exact) mass is 345 g/mol. The Kier molecular flexibility index (Phi) is 4.97. The van der Waals surface area contributed by atoms with Crippen molar-refractivity contribution in [2.45, 2.75) is 26.5 Å². The molecule has 126 valence electrons. The molecule has 0 bridgehead atoms. The molecular weight excluding hydrogens is 326 g/mol. The van der Waals surface area contributed by atoms with Gasteiger partial charge in [0.05, 0.1) is 18.1 Å². The van der Waals surface area contributed by atoms with Crippen LogP contribution in [-0.4, -0.2) is 35.0 Å². The molecule has 0 saturated carbocycles. The SMILES string of the molecule is Cc1ccc(CN(CC(=O)O)C(=O)c2cc3c(s2)CCOC3)cc1. The van der Waals surface area contributed by atoms with Crippen LogP contribution in [0, 0.1) is 6.92 Å². The Morgan fingerprint density at radius 1 is 1.29 bits per heavy atom. The molecule has 24 heavy (non-hydrogen) atoms. The molecule has 3 rings (SSSR count). The molecule has 1 aliphatic rings. The summed E-state index contributed by atoms with van der Waals surface area (Å²) in [5.41, 5.74) is 3.08. The lowest BCUT2D eigenvalue weighted by molar-refractivity contribution is -0.137. The number of rotatable bonds is 5. The van der Waals surface area contributed by atoms with Crippen molar-refractivity contribution >= 4 is 23.2 Å². The van der Waals surface area contributed by atoms with Crippen LogP contribution in [0.1, 0.15) is 31.2 Å². The number of nitrogens with zero attached hydrogens (tertiary/aromatic N) is 1. The third-order valence-electron chi connectivity index (χ3n) is 3.95. The molecule has 0 unspecified atom stereocenters. The summed E-state index contributed by atoms with van der Waals surface area (Å²) in [4.78, 5) is 27.1. The quantitative estimate of drug-likeness (QED) is 0.905. The van der Waals surface area contributed by atoms with Crippen molar-refractivity contribution in [3.8, 4) is 0 Å². The van der Waals surface area contributed by atoms with Gasteiger partial charge in [-0.1, -0.05) is 29.8 Å². The Hall–Kier alpha value is -2.18. The van der Waals surface area contributed by atoms with Gasteiger partial charge in [-0.05, 0) is 24.1 Å². The number of fused-ring (bicyclic) bond motifs is 1. The molecule has 1 amide bonds. The van der Waals surface area contributed by atoms with Crippen LogP contribution in [0.5, 0.6) is 0 Å². The van der Waals surface area contributed by atoms with Crippen LogP contribution in [0.4, 0.5) is 0 Å². The van der Waals surface area contributed by atoms with Crippen molar-refractivity contribution in [1.82, 2.24) is 4.90 Å². The van der Waals surface area contributed by atoms with Crippen LogP contribution in [0.15, 0.2) is 30.3 Å². The second-order valence-corrected chi connectivity index (χ2v) is 7.04. The van der Waals surface area contributed by atoms with E-state index in [4.69, 9.17) is 9.84 Å². The summed E-state index contributed by atoms with van der Waals surface area (Å²) in [6, 6.07) is 9.60. The molecule has 5 nitrogen and oxygen atoms in total. The lowest BCUT2D eigenvalue weighted by atomic mass is 10.1. The van der Waals surface area contributed by atoms with Crippen molar-refractivity contribution in [2.75, 3.05) is 13.2 Å². The Labute approximate surface area is 144 Å². The molecule has 1 aromatic heterocycles. The molecule has 2 heterocycles. The molecule has 1 aromatic carbocycles. The van der Waals surface area contributed by atoms with E-state index < -0.39 is 5.97 Å². The summed E-state index contributed by atoms with van der Waals surface area (Å²) in [5.74, 6) is -1.25. The second-order valence-electron chi connectivity index (χ2n) is 5.90. The molecule has 0 fully saturated rings. The number of thiophene rings is 1. The highest BCUT2D eigenvalue weighted by atomic mass is 32.1. The lowest BCUT2D eigenvalue weighted by Gasteiger charge is -2.20. The van der Waals surface area contributed by atoms with E-state index in [1.807, 2.05) is 37.3 Å². The third kappa shape index (κ3) is 3.83. The number of aliphatic carboxylic acids is 1. The zero-order chi connectivity index (χ0) is 17.1. The zero-order valence-corrected chi connectivity index (χ0v) is 14.3. The number of carboxylic acid groups (broad SMARTS) is 1. The minimum atomic E-state index is -1.01. The average molecular weight is 345 g/mol. The van der Waals surface area contributed by atoms with E-state index in [9.17, 15) is 9.59 Å². The highest BCUT2D eigenvalue weighted by molar-refractivity contribution is 7.14. The number of ether oxygens (including phenoxy) is 1.